The van der Waals surface area contributed by atoms with Gasteiger partial charge >= 0.3 is 0 Å². The van der Waals surface area contributed by atoms with E-state index in [0.717, 1.165) is 21.4 Å². The third-order valence-electron chi connectivity index (χ3n) is 2.55. The van der Waals surface area contributed by atoms with Crippen LogP contribution < -0.4 is 5.56 Å². The van der Waals surface area contributed by atoms with Gasteiger partial charge in [-0.1, -0.05) is 36.0 Å². The van der Waals surface area contributed by atoms with Crippen LogP contribution in [0, 0.1) is 0 Å². The lowest BCUT2D eigenvalue weighted by Gasteiger charge is -1.97. The molecule has 0 aliphatic rings. The van der Waals surface area contributed by atoms with E-state index in [1.54, 1.807) is 6.08 Å². The Labute approximate surface area is 112 Å². The van der Waals surface area contributed by atoms with Gasteiger partial charge in [0, 0.05) is 15.8 Å². The quantitative estimate of drug-likeness (QED) is 0.452. The Morgan fingerprint density at radius 1 is 1.44 bits per heavy atom. The molecule has 2 aromatic heterocycles. The van der Waals surface area contributed by atoms with Crippen LogP contribution in [-0.4, -0.2) is 15.7 Å². The van der Waals surface area contributed by atoms with Crippen LogP contribution in [0.25, 0.3) is 20.3 Å². The average Bonchev–Trinajstić information content (AvgIpc) is 2.76. The molecule has 90 valence electrons. The molecule has 0 aliphatic carbocycles. The summed E-state index contributed by atoms with van der Waals surface area (Å²) < 4.78 is 1.79. The highest BCUT2D eigenvalue weighted by Crippen LogP contribution is 2.30. The van der Waals surface area contributed by atoms with Gasteiger partial charge in [-0.3, -0.25) is 4.79 Å². The summed E-state index contributed by atoms with van der Waals surface area (Å²) in [6.07, 6.45) is 1.79. The third kappa shape index (κ3) is 1.85. The van der Waals surface area contributed by atoms with E-state index in [0.29, 0.717) is 9.86 Å². The van der Waals surface area contributed by atoms with Gasteiger partial charge in [-0.25, -0.2) is 4.98 Å². The number of aromatic nitrogens is 2. The van der Waals surface area contributed by atoms with E-state index in [9.17, 15) is 4.79 Å². The number of thiophene rings is 1. The van der Waals surface area contributed by atoms with Crippen LogP contribution in [0.5, 0.6) is 0 Å². The number of fused-ring (bicyclic) bond motifs is 3. The molecule has 2 heterocycles. The van der Waals surface area contributed by atoms with E-state index < -0.39 is 0 Å². The summed E-state index contributed by atoms with van der Waals surface area (Å²) in [5, 5.41) is 1.69. The third-order valence-corrected chi connectivity index (χ3v) is 4.58. The maximum absolute atomic E-state index is 12.0. The van der Waals surface area contributed by atoms with Gasteiger partial charge in [0.05, 0.1) is 5.52 Å². The predicted molar refractivity (Wildman–Crippen MR) is 78.7 cm³/mol. The number of nitrogens with one attached hydrogen (secondary N) is 1. The second-order valence-corrected chi connectivity index (χ2v) is 5.81. The molecule has 5 heteroatoms. The first-order valence-electron chi connectivity index (χ1n) is 5.45. The van der Waals surface area contributed by atoms with Crippen molar-refractivity contribution in [2.75, 3.05) is 5.75 Å². The second-order valence-electron chi connectivity index (χ2n) is 3.75. The summed E-state index contributed by atoms with van der Waals surface area (Å²) in [6, 6.07) is 7.95. The zero-order valence-electron chi connectivity index (χ0n) is 9.47. The Morgan fingerprint density at radius 3 is 3.11 bits per heavy atom. The molecule has 0 saturated carbocycles. The molecule has 0 aliphatic heterocycles. The summed E-state index contributed by atoms with van der Waals surface area (Å²) in [7, 11) is 0. The number of H-pyrrole nitrogens is 1. The number of aromatic amines is 1. The lowest BCUT2D eigenvalue weighted by Crippen LogP contribution is -2.07. The fourth-order valence-electron chi connectivity index (χ4n) is 1.79. The highest BCUT2D eigenvalue weighted by Gasteiger charge is 2.10. The van der Waals surface area contributed by atoms with Crippen molar-refractivity contribution in [2.24, 2.45) is 0 Å². The molecular formula is C13H10N2OS2. The van der Waals surface area contributed by atoms with E-state index in [4.69, 9.17) is 0 Å². The lowest BCUT2D eigenvalue weighted by atomic mass is 10.2. The van der Waals surface area contributed by atoms with E-state index in [1.165, 1.54) is 23.1 Å². The Morgan fingerprint density at radius 2 is 2.28 bits per heavy atom. The lowest BCUT2D eigenvalue weighted by molar-refractivity contribution is 0.982. The van der Waals surface area contributed by atoms with Gasteiger partial charge in [0.2, 0.25) is 0 Å². The van der Waals surface area contributed by atoms with Crippen molar-refractivity contribution in [3.8, 4) is 0 Å². The summed E-state index contributed by atoms with van der Waals surface area (Å²) in [4.78, 5) is 19.3. The molecule has 3 nitrogen and oxygen atoms in total. The molecule has 0 atom stereocenters. The van der Waals surface area contributed by atoms with Crippen LogP contribution in [-0.2, 0) is 0 Å². The minimum absolute atomic E-state index is 0.0623. The maximum Gasteiger partial charge on any atom is 0.269 e. The number of thioether (sulfide) groups is 1. The van der Waals surface area contributed by atoms with Gasteiger partial charge in [-0.05, 0) is 6.07 Å². The maximum atomic E-state index is 12.0. The van der Waals surface area contributed by atoms with Crippen molar-refractivity contribution in [1.29, 1.82) is 0 Å². The first kappa shape index (κ1) is 11.5. The van der Waals surface area contributed by atoms with Gasteiger partial charge < -0.3 is 4.98 Å². The summed E-state index contributed by atoms with van der Waals surface area (Å²) in [6.45, 7) is 3.66. The highest BCUT2D eigenvalue weighted by molar-refractivity contribution is 7.99. The Kier molecular flexibility index (Phi) is 2.93. The first-order chi connectivity index (χ1) is 8.79. The molecule has 0 bridgehead atoms. The number of nitrogens with zero attached hydrogens (tertiary/aromatic N) is 1. The van der Waals surface area contributed by atoms with Crippen molar-refractivity contribution in [1.82, 2.24) is 9.97 Å². The topological polar surface area (TPSA) is 45.8 Å². The Hall–Kier alpha value is -1.59. The molecule has 1 N–H and O–H groups in total. The molecule has 0 spiro atoms. The molecule has 0 radical (unpaired) electrons. The van der Waals surface area contributed by atoms with Crippen LogP contribution in [0.4, 0.5) is 0 Å². The van der Waals surface area contributed by atoms with Crippen molar-refractivity contribution >= 4 is 43.4 Å². The van der Waals surface area contributed by atoms with E-state index in [1.807, 2.05) is 24.3 Å². The van der Waals surface area contributed by atoms with Crippen molar-refractivity contribution in [3.63, 3.8) is 0 Å². The molecule has 0 amide bonds. The summed E-state index contributed by atoms with van der Waals surface area (Å²) >= 11 is 2.97. The van der Waals surface area contributed by atoms with Crippen LogP contribution >= 0.6 is 23.1 Å². The predicted octanol–water partition coefficient (Wildman–Crippen LogP) is 3.42. The highest BCUT2D eigenvalue weighted by atomic mass is 32.2. The summed E-state index contributed by atoms with van der Waals surface area (Å²) in [5.41, 5.74) is 0.735. The fraction of sp³-hybridized carbons (Fsp3) is 0.0769. The van der Waals surface area contributed by atoms with Crippen molar-refractivity contribution < 1.29 is 0 Å². The van der Waals surface area contributed by atoms with Gasteiger partial charge in [-0.2, -0.15) is 0 Å². The normalized spacial score (nSPS) is 11.1. The molecule has 0 unspecified atom stereocenters. The number of hydrogen-bond acceptors (Lipinski definition) is 4. The smallest absolute Gasteiger partial charge is 0.269 e. The minimum Gasteiger partial charge on any atom is -0.300 e. The van der Waals surface area contributed by atoms with Crippen molar-refractivity contribution in [2.45, 2.75) is 5.16 Å². The van der Waals surface area contributed by atoms with E-state index >= 15 is 0 Å². The van der Waals surface area contributed by atoms with Gasteiger partial charge in [-0.15, -0.1) is 17.9 Å². The van der Waals surface area contributed by atoms with E-state index in [2.05, 4.69) is 16.5 Å². The molecule has 3 aromatic rings. The van der Waals surface area contributed by atoms with Crippen LogP contribution in [0.3, 0.4) is 0 Å². The number of hydrogen-bond donors (Lipinski definition) is 1. The number of benzene rings is 1. The molecule has 0 saturated heterocycles. The zero-order valence-corrected chi connectivity index (χ0v) is 11.1. The molecule has 18 heavy (non-hydrogen) atoms. The minimum atomic E-state index is -0.0623. The fourth-order valence-corrected chi connectivity index (χ4v) is 3.42. The van der Waals surface area contributed by atoms with Gasteiger partial charge in [0.1, 0.15) is 4.70 Å². The zero-order chi connectivity index (χ0) is 12.5. The molecule has 0 fully saturated rings. The largest absolute Gasteiger partial charge is 0.300 e. The Bertz CT molecular complexity index is 788. The summed E-state index contributed by atoms with van der Waals surface area (Å²) in [5.74, 6) is 0.733. The number of rotatable bonds is 3. The Balaban J connectivity index is 2.30. The van der Waals surface area contributed by atoms with Gasteiger partial charge in [0.15, 0.2) is 5.16 Å². The monoisotopic (exact) mass is 274 g/mol. The molecule has 3 rings (SSSR count). The van der Waals surface area contributed by atoms with Crippen LogP contribution in [0.2, 0.25) is 0 Å². The van der Waals surface area contributed by atoms with Crippen LogP contribution in [0.1, 0.15) is 0 Å². The van der Waals surface area contributed by atoms with Gasteiger partial charge in [0.25, 0.3) is 5.56 Å². The van der Waals surface area contributed by atoms with Crippen molar-refractivity contribution in [3.05, 3.63) is 47.3 Å². The van der Waals surface area contributed by atoms with E-state index in [-0.39, 0.29) is 5.56 Å². The average molecular weight is 274 g/mol. The standard InChI is InChI=1S/C13H10N2OS2/c1-2-7-17-13-14-10-8-5-3-4-6-9(8)18-11(10)12(16)15-13/h2-6H,1,7H2,(H,14,15,16). The second kappa shape index (κ2) is 4.59. The molecule has 1 aromatic carbocycles. The molecular weight excluding hydrogens is 264 g/mol. The van der Waals surface area contributed by atoms with Crippen LogP contribution in [0.15, 0.2) is 46.9 Å². The SMILES string of the molecule is C=CCSc1nc2c(sc3ccccc32)c(=O)[nH]1. The first-order valence-corrected chi connectivity index (χ1v) is 7.25.